The molecular weight excluding hydrogens is 304 g/mol. The number of Topliss-reactive ketones (excluding diaryl/α,β-unsaturated/α-hetero) is 1. The number of carbonyl (C=O) groups excluding carboxylic acids is 1. The number of hydrogen-bond donors (Lipinski definition) is 2. The molecule has 0 spiro atoms. The summed E-state index contributed by atoms with van der Waals surface area (Å²) in [6.07, 6.45) is 5.63. The number of aliphatic carboxylic acids is 1. The van der Waals surface area contributed by atoms with Gasteiger partial charge in [0.15, 0.2) is 0 Å². The zero-order valence-electron chi connectivity index (χ0n) is 14.9. The number of aliphatic hydroxyl groups is 1. The van der Waals surface area contributed by atoms with E-state index in [9.17, 15) is 19.8 Å². The molecule has 0 radical (unpaired) electrons. The number of hydrogen-bond acceptors (Lipinski definition) is 3. The summed E-state index contributed by atoms with van der Waals surface area (Å²) >= 11 is 0. The lowest BCUT2D eigenvalue weighted by molar-refractivity contribution is -0.151. The highest BCUT2D eigenvalue weighted by atomic mass is 16.4. The molecule has 132 valence electrons. The van der Waals surface area contributed by atoms with Crippen LogP contribution in [0.1, 0.15) is 59.3 Å². The summed E-state index contributed by atoms with van der Waals surface area (Å²) < 4.78 is 0. The quantitative estimate of drug-likeness (QED) is 0.776. The Kier molecular flexibility index (Phi) is 4.23. The minimum Gasteiger partial charge on any atom is -0.481 e. The van der Waals surface area contributed by atoms with Gasteiger partial charge in [-0.1, -0.05) is 32.4 Å². The minimum absolute atomic E-state index is 0.0428. The van der Waals surface area contributed by atoms with Gasteiger partial charge in [0.1, 0.15) is 5.78 Å². The summed E-state index contributed by atoms with van der Waals surface area (Å²) in [6, 6.07) is 0. The third-order valence-corrected chi connectivity index (χ3v) is 6.85. The van der Waals surface area contributed by atoms with Crippen LogP contribution in [0.5, 0.6) is 0 Å². The summed E-state index contributed by atoms with van der Waals surface area (Å²) in [7, 11) is 0. The first-order valence-corrected chi connectivity index (χ1v) is 9.05. The second-order valence-electron chi connectivity index (χ2n) is 8.31. The molecule has 0 aromatic heterocycles. The van der Waals surface area contributed by atoms with E-state index in [1.807, 2.05) is 13.0 Å². The standard InChI is InChI=1S/C20H28O4/c1-12(2)14-6-7-20(18(23)24)9-8-19(3)15(17(14)20)5-4-13(11-21)10-16(19)22/h4,12,15,21H,5-11H2,1-3H3,(H,23,24)/t15-,19-,20+/m1/s1. The van der Waals surface area contributed by atoms with E-state index < -0.39 is 16.8 Å². The molecule has 1 fully saturated rings. The van der Waals surface area contributed by atoms with Crippen molar-refractivity contribution in [1.82, 2.24) is 0 Å². The lowest BCUT2D eigenvalue weighted by atomic mass is 9.54. The summed E-state index contributed by atoms with van der Waals surface area (Å²) in [5.74, 6) is -0.299. The van der Waals surface area contributed by atoms with Crippen LogP contribution < -0.4 is 0 Å². The van der Waals surface area contributed by atoms with Crippen LogP contribution in [0.25, 0.3) is 0 Å². The molecule has 1 saturated carbocycles. The van der Waals surface area contributed by atoms with Crippen molar-refractivity contribution < 1.29 is 19.8 Å². The molecule has 0 amide bonds. The van der Waals surface area contributed by atoms with Gasteiger partial charge in [-0.25, -0.2) is 0 Å². The van der Waals surface area contributed by atoms with Crippen LogP contribution in [-0.2, 0) is 9.59 Å². The van der Waals surface area contributed by atoms with Crippen molar-refractivity contribution in [3.05, 3.63) is 22.8 Å². The first-order chi connectivity index (χ1) is 11.3. The van der Waals surface area contributed by atoms with Gasteiger partial charge in [0.05, 0.1) is 12.0 Å². The van der Waals surface area contributed by atoms with Gasteiger partial charge in [-0.05, 0) is 55.1 Å². The van der Waals surface area contributed by atoms with Crippen LogP contribution in [0.2, 0.25) is 0 Å². The number of carboxylic acid groups (broad SMARTS) is 1. The molecule has 3 rings (SSSR count). The topological polar surface area (TPSA) is 74.6 Å². The Morgan fingerprint density at radius 2 is 2.04 bits per heavy atom. The molecule has 0 aromatic carbocycles. The van der Waals surface area contributed by atoms with E-state index in [-0.39, 0.29) is 18.3 Å². The molecule has 0 heterocycles. The minimum atomic E-state index is -0.776. The maximum absolute atomic E-state index is 13.0. The smallest absolute Gasteiger partial charge is 0.313 e. The number of carbonyl (C=O) groups is 2. The van der Waals surface area contributed by atoms with Gasteiger partial charge in [-0.15, -0.1) is 0 Å². The average molecular weight is 332 g/mol. The fraction of sp³-hybridized carbons (Fsp3) is 0.700. The summed E-state index contributed by atoms with van der Waals surface area (Å²) in [5.41, 5.74) is 1.79. The van der Waals surface area contributed by atoms with Crippen molar-refractivity contribution in [3.63, 3.8) is 0 Å². The summed E-state index contributed by atoms with van der Waals surface area (Å²) in [5, 5.41) is 19.5. The third-order valence-electron chi connectivity index (χ3n) is 6.85. The number of allylic oxidation sites excluding steroid dienone is 2. The summed E-state index contributed by atoms with van der Waals surface area (Å²) in [6.45, 7) is 6.18. The van der Waals surface area contributed by atoms with E-state index in [4.69, 9.17) is 0 Å². The van der Waals surface area contributed by atoms with Gasteiger partial charge in [0.25, 0.3) is 0 Å². The molecule has 0 aromatic rings. The van der Waals surface area contributed by atoms with E-state index in [2.05, 4.69) is 13.8 Å². The largest absolute Gasteiger partial charge is 0.481 e. The Morgan fingerprint density at radius 1 is 1.33 bits per heavy atom. The van der Waals surface area contributed by atoms with Gasteiger partial charge < -0.3 is 10.2 Å². The second kappa shape index (κ2) is 5.83. The Bertz CT molecular complexity index is 642. The van der Waals surface area contributed by atoms with E-state index in [1.54, 1.807) is 0 Å². The van der Waals surface area contributed by atoms with Crippen molar-refractivity contribution in [1.29, 1.82) is 0 Å². The normalized spacial score (nSPS) is 36.3. The van der Waals surface area contributed by atoms with Crippen LogP contribution >= 0.6 is 0 Å². The second-order valence-corrected chi connectivity index (χ2v) is 8.31. The molecule has 3 atom stereocenters. The molecule has 4 heteroatoms. The lowest BCUT2D eigenvalue weighted by Crippen LogP contribution is -2.48. The van der Waals surface area contributed by atoms with Crippen molar-refractivity contribution >= 4 is 11.8 Å². The molecule has 0 bridgehead atoms. The van der Waals surface area contributed by atoms with Crippen LogP contribution in [-0.4, -0.2) is 28.6 Å². The Labute approximate surface area is 143 Å². The first kappa shape index (κ1) is 17.4. The molecule has 4 nitrogen and oxygen atoms in total. The number of ketones is 1. The molecule has 2 N–H and O–H groups in total. The predicted molar refractivity (Wildman–Crippen MR) is 91.4 cm³/mol. The highest BCUT2D eigenvalue weighted by molar-refractivity contribution is 5.90. The van der Waals surface area contributed by atoms with Crippen LogP contribution in [0.3, 0.4) is 0 Å². The van der Waals surface area contributed by atoms with Crippen LogP contribution in [0.15, 0.2) is 22.8 Å². The van der Waals surface area contributed by atoms with Gasteiger partial charge in [0, 0.05) is 11.8 Å². The molecule has 0 saturated heterocycles. The van der Waals surface area contributed by atoms with Gasteiger partial charge >= 0.3 is 5.97 Å². The van der Waals surface area contributed by atoms with E-state index in [0.29, 0.717) is 38.0 Å². The SMILES string of the molecule is CC(C)C1=C2[C@H]3CC=C(CO)CC(=O)[C@]3(C)CC[C@@]2(C(=O)O)CC1. The number of carboxylic acids is 1. The van der Waals surface area contributed by atoms with E-state index in [1.165, 1.54) is 5.57 Å². The lowest BCUT2D eigenvalue weighted by Gasteiger charge is -2.48. The molecule has 0 aliphatic heterocycles. The predicted octanol–water partition coefficient (Wildman–Crippen LogP) is 3.50. The first-order valence-electron chi connectivity index (χ1n) is 9.05. The van der Waals surface area contributed by atoms with Crippen molar-refractivity contribution in [3.8, 4) is 0 Å². The van der Waals surface area contributed by atoms with Gasteiger partial charge in [-0.2, -0.15) is 0 Å². The zero-order chi connectivity index (χ0) is 17.7. The summed E-state index contributed by atoms with van der Waals surface area (Å²) in [4.78, 5) is 25.2. The fourth-order valence-corrected chi connectivity index (χ4v) is 5.23. The Morgan fingerprint density at radius 3 is 2.62 bits per heavy atom. The number of rotatable bonds is 3. The highest BCUT2D eigenvalue weighted by Crippen LogP contribution is 2.62. The zero-order valence-corrected chi connectivity index (χ0v) is 14.9. The third kappa shape index (κ3) is 2.30. The number of fused-ring (bicyclic) bond motifs is 3. The maximum Gasteiger partial charge on any atom is 0.313 e. The van der Waals surface area contributed by atoms with Gasteiger partial charge in [-0.3, -0.25) is 9.59 Å². The van der Waals surface area contributed by atoms with Gasteiger partial charge in [0.2, 0.25) is 0 Å². The van der Waals surface area contributed by atoms with E-state index in [0.717, 1.165) is 17.6 Å². The monoisotopic (exact) mass is 332 g/mol. The van der Waals surface area contributed by atoms with E-state index >= 15 is 0 Å². The molecule has 24 heavy (non-hydrogen) atoms. The molecular formula is C20H28O4. The molecule has 3 aliphatic rings. The number of aliphatic hydroxyl groups excluding tert-OH is 1. The Hall–Kier alpha value is -1.42. The van der Waals surface area contributed by atoms with Crippen molar-refractivity contribution in [2.75, 3.05) is 6.61 Å². The van der Waals surface area contributed by atoms with Crippen molar-refractivity contribution in [2.24, 2.45) is 22.7 Å². The fourth-order valence-electron chi connectivity index (χ4n) is 5.23. The highest BCUT2D eigenvalue weighted by Gasteiger charge is 2.59. The van der Waals surface area contributed by atoms with Crippen LogP contribution in [0, 0.1) is 22.7 Å². The molecule has 0 unspecified atom stereocenters. The average Bonchev–Trinajstić information content (AvgIpc) is 2.88. The van der Waals surface area contributed by atoms with Crippen LogP contribution in [0.4, 0.5) is 0 Å². The Balaban J connectivity index is 2.17. The van der Waals surface area contributed by atoms with Crippen molar-refractivity contribution in [2.45, 2.75) is 59.3 Å². The maximum atomic E-state index is 13.0. The molecule has 3 aliphatic carbocycles.